The van der Waals surface area contributed by atoms with Gasteiger partial charge < -0.3 is 10.6 Å². The number of hydrogen-bond donors (Lipinski definition) is 1. The van der Waals surface area contributed by atoms with Gasteiger partial charge in [0.2, 0.25) is 0 Å². The average Bonchev–Trinajstić information content (AvgIpc) is 2.82. The molecule has 0 radical (unpaired) electrons. The second kappa shape index (κ2) is 6.20. The molecule has 1 heterocycles. The predicted molar refractivity (Wildman–Crippen MR) is 90.1 cm³/mol. The molecule has 3 aliphatic rings. The standard InChI is InChI=1S/C19H36N2/c1-19(2,3)16-9-7-14(8-10-16)11-21-12-15-5-4-6-18(20)17(15)13-21/h14-18H,4-13,20H2,1-3H3. The van der Waals surface area contributed by atoms with Gasteiger partial charge in [-0.05, 0) is 67.6 Å². The number of nitrogens with two attached hydrogens (primary N) is 1. The van der Waals surface area contributed by atoms with Crippen molar-refractivity contribution in [1.82, 2.24) is 4.90 Å². The van der Waals surface area contributed by atoms with Crippen LogP contribution >= 0.6 is 0 Å². The molecular formula is C19H36N2. The molecular weight excluding hydrogens is 256 g/mol. The molecule has 0 spiro atoms. The van der Waals surface area contributed by atoms with Gasteiger partial charge in [-0.25, -0.2) is 0 Å². The Bertz CT molecular complexity index is 338. The minimum absolute atomic E-state index is 0.491. The molecule has 0 amide bonds. The maximum atomic E-state index is 6.35. The topological polar surface area (TPSA) is 29.3 Å². The summed E-state index contributed by atoms with van der Waals surface area (Å²) in [5, 5.41) is 0. The van der Waals surface area contributed by atoms with Gasteiger partial charge in [0.25, 0.3) is 0 Å². The van der Waals surface area contributed by atoms with E-state index in [-0.39, 0.29) is 0 Å². The van der Waals surface area contributed by atoms with Crippen LogP contribution in [0.15, 0.2) is 0 Å². The van der Waals surface area contributed by atoms with Crippen molar-refractivity contribution in [3.05, 3.63) is 0 Å². The highest BCUT2D eigenvalue weighted by Crippen LogP contribution is 2.41. The van der Waals surface area contributed by atoms with E-state index in [1.165, 1.54) is 64.6 Å². The minimum atomic E-state index is 0.491. The number of hydrogen-bond acceptors (Lipinski definition) is 2. The Kier molecular flexibility index (Phi) is 4.66. The van der Waals surface area contributed by atoms with Crippen LogP contribution in [0, 0.1) is 29.1 Å². The predicted octanol–water partition coefficient (Wildman–Crippen LogP) is 3.90. The molecule has 2 saturated carbocycles. The Balaban J connectivity index is 1.46. The molecule has 3 unspecified atom stereocenters. The lowest BCUT2D eigenvalue weighted by Crippen LogP contribution is -2.38. The minimum Gasteiger partial charge on any atom is -0.327 e. The molecule has 2 aliphatic carbocycles. The van der Waals surface area contributed by atoms with Gasteiger partial charge in [0.15, 0.2) is 0 Å². The summed E-state index contributed by atoms with van der Waals surface area (Å²) < 4.78 is 0. The molecule has 0 aromatic rings. The maximum absolute atomic E-state index is 6.35. The number of likely N-dealkylation sites (tertiary alicyclic amines) is 1. The summed E-state index contributed by atoms with van der Waals surface area (Å²) in [6.07, 6.45) is 9.90. The van der Waals surface area contributed by atoms with Gasteiger partial charge in [-0.2, -0.15) is 0 Å². The van der Waals surface area contributed by atoms with Crippen molar-refractivity contribution in [2.24, 2.45) is 34.8 Å². The van der Waals surface area contributed by atoms with Crippen LogP contribution in [0.4, 0.5) is 0 Å². The first-order valence-electron chi connectivity index (χ1n) is 9.41. The van der Waals surface area contributed by atoms with E-state index >= 15 is 0 Å². The van der Waals surface area contributed by atoms with Crippen molar-refractivity contribution in [1.29, 1.82) is 0 Å². The van der Waals surface area contributed by atoms with Crippen LogP contribution in [0.25, 0.3) is 0 Å². The summed E-state index contributed by atoms with van der Waals surface area (Å²) in [4.78, 5) is 2.77. The molecule has 3 fully saturated rings. The second-order valence-corrected chi connectivity index (χ2v) is 9.32. The molecule has 0 aromatic carbocycles. The summed E-state index contributed by atoms with van der Waals surface area (Å²) in [5.74, 6) is 3.63. The van der Waals surface area contributed by atoms with Gasteiger partial charge in [-0.1, -0.05) is 27.2 Å². The first-order chi connectivity index (χ1) is 9.93. The van der Waals surface area contributed by atoms with Gasteiger partial charge in [0, 0.05) is 25.7 Å². The Morgan fingerprint density at radius 1 is 0.952 bits per heavy atom. The highest BCUT2D eigenvalue weighted by Gasteiger charge is 2.39. The molecule has 2 heteroatoms. The number of fused-ring (bicyclic) bond motifs is 1. The quantitative estimate of drug-likeness (QED) is 0.836. The smallest absolute Gasteiger partial charge is 0.00825 e. The molecule has 2 N–H and O–H groups in total. The van der Waals surface area contributed by atoms with Crippen molar-refractivity contribution < 1.29 is 0 Å². The third-order valence-corrected chi connectivity index (χ3v) is 6.82. The van der Waals surface area contributed by atoms with Crippen LogP contribution in [0.1, 0.15) is 65.7 Å². The molecule has 122 valence electrons. The summed E-state index contributed by atoms with van der Waals surface area (Å²) in [5.41, 5.74) is 6.87. The lowest BCUT2D eigenvalue weighted by Gasteiger charge is -2.38. The van der Waals surface area contributed by atoms with Crippen LogP contribution in [-0.2, 0) is 0 Å². The first kappa shape index (κ1) is 15.8. The van der Waals surface area contributed by atoms with Crippen LogP contribution in [0.5, 0.6) is 0 Å². The highest BCUT2D eigenvalue weighted by atomic mass is 15.2. The second-order valence-electron chi connectivity index (χ2n) is 9.32. The van der Waals surface area contributed by atoms with Crippen LogP contribution < -0.4 is 5.73 Å². The normalized spacial score (nSPS) is 42.0. The lowest BCUT2D eigenvalue weighted by atomic mass is 9.70. The van der Waals surface area contributed by atoms with Crippen molar-refractivity contribution in [2.45, 2.75) is 71.8 Å². The van der Waals surface area contributed by atoms with Crippen molar-refractivity contribution >= 4 is 0 Å². The van der Waals surface area contributed by atoms with Gasteiger partial charge in [-0.3, -0.25) is 0 Å². The van der Waals surface area contributed by atoms with E-state index in [1.807, 2.05) is 0 Å². The van der Waals surface area contributed by atoms with E-state index in [1.54, 1.807) is 0 Å². The van der Waals surface area contributed by atoms with Crippen molar-refractivity contribution in [2.75, 3.05) is 19.6 Å². The molecule has 0 bridgehead atoms. The third-order valence-electron chi connectivity index (χ3n) is 6.82. The fourth-order valence-electron chi connectivity index (χ4n) is 5.33. The van der Waals surface area contributed by atoms with E-state index in [0.717, 1.165) is 23.7 Å². The monoisotopic (exact) mass is 292 g/mol. The molecule has 21 heavy (non-hydrogen) atoms. The summed E-state index contributed by atoms with van der Waals surface area (Å²) in [7, 11) is 0. The molecule has 3 rings (SSSR count). The van der Waals surface area contributed by atoms with Crippen molar-refractivity contribution in [3.63, 3.8) is 0 Å². The van der Waals surface area contributed by atoms with Crippen molar-refractivity contribution in [3.8, 4) is 0 Å². The van der Waals surface area contributed by atoms with Crippen LogP contribution in [-0.4, -0.2) is 30.6 Å². The largest absolute Gasteiger partial charge is 0.327 e. The van der Waals surface area contributed by atoms with Gasteiger partial charge >= 0.3 is 0 Å². The third kappa shape index (κ3) is 3.64. The lowest BCUT2D eigenvalue weighted by molar-refractivity contribution is 0.129. The Morgan fingerprint density at radius 3 is 2.29 bits per heavy atom. The molecule has 0 aromatic heterocycles. The fourth-order valence-corrected chi connectivity index (χ4v) is 5.33. The van der Waals surface area contributed by atoms with E-state index in [0.29, 0.717) is 11.5 Å². The summed E-state index contributed by atoms with van der Waals surface area (Å²) >= 11 is 0. The molecule has 2 nitrogen and oxygen atoms in total. The molecule has 1 aliphatic heterocycles. The maximum Gasteiger partial charge on any atom is 0.00825 e. The van der Waals surface area contributed by atoms with Crippen LogP contribution in [0.2, 0.25) is 0 Å². The van der Waals surface area contributed by atoms with Gasteiger partial charge in [-0.15, -0.1) is 0 Å². The van der Waals surface area contributed by atoms with E-state index in [9.17, 15) is 0 Å². The SMILES string of the molecule is CC(C)(C)C1CCC(CN2CC3CCCC(N)C3C2)CC1. The van der Waals surface area contributed by atoms with E-state index in [2.05, 4.69) is 25.7 Å². The average molecular weight is 293 g/mol. The Morgan fingerprint density at radius 2 is 1.67 bits per heavy atom. The zero-order valence-corrected chi connectivity index (χ0v) is 14.5. The van der Waals surface area contributed by atoms with Gasteiger partial charge in [0.1, 0.15) is 0 Å². The van der Waals surface area contributed by atoms with E-state index < -0.39 is 0 Å². The first-order valence-corrected chi connectivity index (χ1v) is 9.41. The highest BCUT2D eigenvalue weighted by molar-refractivity contribution is 4.94. The number of nitrogens with zero attached hydrogens (tertiary/aromatic N) is 1. The number of rotatable bonds is 2. The Labute approximate surface area is 131 Å². The Hall–Kier alpha value is -0.0800. The van der Waals surface area contributed by atoms with Gasteiger partial charge in [0.05, 0.1) is 0 Å². The fraction of sp³-hybridized carbons (Fsp3) is 1.00. The molecule has 3 atom stereocenters. The molecule has 1 saturated heterocycles. The summed E-state index contributed by atoms with van der Waals surface area (Å²) in [6, 6.07) is 0.491. The zero-order valence-electron chi connectivity index (χ0n) is 14.5. The van der Waals surface area contributed by atoms with Crippen LogP contribution in [0.3, 0.4) is 0 Å². The van der Waals surface area contributed by atoms with E-state index in [4.69, 9.17) is 5.73 Å². The zero-order chi connectivity index (χ0) is 15.0. The summed E-state index contributed by atoms with van der Waals surface area (Å²) in [6.45, 7) is 11.3.